The molecule has 0 aromatic carbocycles. The molecule has 1 N–H and O–H groups in total. The molecule has 0 amide bonds. The molecule has 2 unspecified atom stereocenters. The second-order valence-electron chi connectivity index (χ2n) is 5.76. The van der Waals surface area contributed by atoms with Crippen LogP contribution in [0.5, 0.6) is 0 Å². The maximum absolute atomic E-state index is 12.9. The Labute approximate surface area is 131 Å². The van der Waals surface area contributed by atoms with Crippen LogP contribution in [-0.4, -0.2) is 46.0 Å². The Morgan fingerprint density at radius 3 is 2.62 bits per heavy atom. The quantitative estimate of drug-likeness (QED) is 0.917. The molecule has 0 aliphatic carbocycles. The first-order chi connectivity index (χ1) is 9.78. The standard InChI is InChI=1S/C14H24N2O3S2/c1-10(2)15-8-14(7-13(15)9-17)21(18,19)16-5-6-20-12(4)11(16)3/h7-8,10-12,17H,5-6,9H2,1-4H3. The highest BCUT2D eigenvalue weighted by Gasteiger charge is 2.35. The first-order valence-corrected chi connectivity index (χ1v) is 9.73. The van der Waals surface area contributed by atoms with Crippen molar-refractivity contribution >= 4 is 21.8 Å². The largest absolute Gasteiger partial charge is 0.390 e. The van der Waals surface area contributed by atoms with Gasteiger partial charge in [-0.05, 0) is 26.8 Å². The van der Waals surface area contributed by atoms with E-state index in [1.54, 1.807) is 16.6 Å². The number of nitrogens with zero attached hydrogens (tertiary/aromatic N) is 2. The third kappa shape index (κ3) is 3.16. The lowest BCUT2D eigenvalue weighted by atomic mass is 10.2. The van der Waals surface area contributed by atoms with E-state index in [2.05, 4.69) is 6.92 Å². The Morgan fingerprint density at radius 1 is 1.43 bits per heavy atom. The van der Waals surface area contributed by atoms with E-state index in [4.69, 9.17) is 0 Å². The van der Waals surface area contributed by atoms with Crippen molar-refractivity contribution in [3.05, 3.63) is 18.0 Å². The zero-order valence-corrected chi connectivity index (χ0v) is 14.6. The number of thioether (sulfide) groups is 1. The smallest absolute Gasteiger partial charge is 0.244 e. The van der Waals surface area contributed by atoms with Crippen LogP contribution in [0.3, 0.4) is 0 Å². The van der Waals surface area contributed by atoms with Crippen molar-refractivity contribution in [2.45, 2.75) is 56.5 Å². The highest BCUT2D eigenvalue weighted by Crippen LogP contribution is 2.30. The van der Waals surface area contributed by atoms with E-state index in [0.29, 0.717) is 12.2 Å². The monoisotopic (exact) mass is 332 g/mol. The third-order valence-electron chi connectivity index (χ3n) is 4.06. The molecule has 1 fully saturated rings. The van der Waals surface area contributed by atoms with Crippen LogP contribution in [0.2, 0.25) is 0 Å². The molecular formula is C14H24N2O3S2. The van der Waals surface area contributed by atoms with Gasteiger partial charge in [0.15, 0.2) is 0 Å². The summed E-state index contributed by atoms with van der Waals surface area (Å²) >= 11 is 1.81. The summed E-state index contributed by atoms with van der Waals surface area (Å²) < 4.78 is 29.1. The predicted octanol–water partition coefficient (Wildman–Crippen LogP) is 2.08. The van der Waals surface area contributed by atoms with E-state index >= 15 is 0 Å². The normalized spacial score (nSPS) is 24.7. The van der Waals surface area contributed by atoms with Gasteiger partial charge in [0, 0.05) is 41.5 Å². The second kappa shape index (κ2) is 6.32. The van der Waals surface area contributed by atoms with E-state index in [1.807, 2.05) is 37.1 Å². The van der Waals surface area contributed by atoms with Crippen LogP contribution >= 0.6 is 11.8 Å². The van der Waals surface area contributed by atoms with Gasteiger partial charge in [-0.3, -0.25) is 0 Å². The number of aromatic nitrogens is 1. The van der Waals surface area contributed by atoms with E-state index in [9.17, 15) is 13.5 Å². The number of sulfonamides is 1. The summed E-state index contributed by atoms with van der Waals surface area (Å²) in [5.41, 5.74) is 0.635. The van der Waals surface area contributed by atoms with Crippen molar-refractivity contribution in [1.82, 2.24) is 8.87 Å². The summed E-state index contributed by atoms with van der Waals surface area (Å²) in [7, 11) is -3.50. The maximum atomic E-state index is 12.9. The van der Waals surface area contributed by atoms with Gasteiger partial charge in [0.2, 0.25) is 10.0 Å². The third-order valence-corrected chi connectivity index (χ3v) is 7.35. The minimum absolute atomic E-state index is 0.0197. The van der Waals surface area contributed by atoms with Crippen LogP contribution < -0.4 is 0 Å². The summed E-state index contributed by atoms with van der Waals surface area (Å²) in [5.74, 6) is 0.822. The number of rotatable bonds is 4. The number of hydrogen-bond donors (Lipinski definition) is 1. The fourth-order valence-corrected chi connectivity index (χ4v) is 5.67. The van der Waals surface area contributed by atoms with Crippen LogP contribution in [0, 0.1) is 0 Å². The van der Waals surface area contributed by atoms with Gasteiger partial charge in [0.05, 0.1) is 6.61 Å². The van der Waals surface area contributed by atoms with Gasteiger partial charge >= 0.3 is 0 Å². The second-order valence-corrected chi connectivity index (χ2v) is 9.13. The van der Waals surface area contributed by atoms with Crippen LogP contribution in [0.1, 0.15) is 39.4 Å². The number of hydrogen-bond acceptors (Lipinski definition) is 4. The van der Waals surface area contributed by atoms with E-state index in [1.165, 1.54) is 0 Å². The van der Waals surface area contributed by atoms with Crippen LogP contribution in [-0.2, 0) is 16.6 Å². The van der Waals surface area contributed by atoms with Gasteiger partial charge in [-0.25, -0.2) is 8.42 Å². The van der Waals surface area contributed by atoms with Gasteiger partial charge in [0.25, 0.3) is 0 Å². The molecule has 120 valence electrons. The van der Waals surface area contributed by atoms with Gasteiger partial charge in [-0.15, -0.1) is 0 Å². The van der Waals surface area contributed by atoms with Crippen LogP contribution in [0.4, 0.5) is 0 Å². The highest BCUT2D eigenvalue weighted by atomic mass is 32.2. The number of aliphatic hydroxyl groups excluding tert-OH is 1. The minimum Gasteiger partial charge on any atom is -0.390 e. The average molecular weight is 332 g/mol. The lowest BCUT2D eigenvalue weighted by Gasteiger charge is -2.36. The van der Waals surface area contributed by atoms with Gasteiger partial charge in [-0.2, -0.15) is 16.1 Å². The fraction of sp³-hybridized carbons (Fsp3) is 0.714. The molecule has 2 atom stereocenters. The zero-order chi connectivity index (χ0) is 15.8. The Kier molecular flexibility index (Phi) is 5.07. The molecule has 2 heterocycles. The van der Waals surface area contributed by atoms with Crippen molar-refractivity contribution in [3.63, 3.8) is 0 Å². The zero-order valence-electron chi connectivity index (χ0n) is 13.0. The Balaban J connectivity index is 2.40. The SMILES string of the molecule is CC1SCCN(S(=O)(=O)c2cc(CO)n(C(C)C)c2)C1C. The molecule has 1 aromatic rings. The molecule has 0 radical (unpaired) electrons. The van der Waals surface area contributed by atoms with Crippen LogP contribution in [0.25, 0.3) is 0 Å². The molecule has 1 aliphatic rings. The van der Waals surface area contributed by atoms with Crippen molar-refractivity contribution in [2.24, 2.45) is 0 Å². The molecule has 2 rings (SSSR count). The summed E-state index contributed by atoms with van der Waals surface area (Å²) in [4.78, 5) is 0.284. The lowest BCUT2D eigenvalue weighted by molar-refractivity contribution is 0.268. The Hall–Kier alpha value is -0.500. The first-order valence-electron chi connectivity index (χ1n) is 7.24. The van der Waals surface area contributed by atoms with E-state index in [-0.39, 0.29) is 28.8 Å². The summed E-state index contributed by atoms with van der Waals surface area (Å²) in [5, 5.41) is 9.71. The molecule has 1 aromatic heterocycles. The Bertz CT molecular complexity index is 595. The summed E-state index contributed by atoms with van der Waals surface area (Å²) in [6.07, 6.45) is 1.64. The summed E-state index contributed by atoms with van der Waals surface area (Å²) in [6.45, 7) is 8.35. The predicted molar refractivity (Wildman–Crippen MR) is 86.0 cm³/mol. The van der Waals surface area contributed by atoms with Crippen LogP contribution in [0.15, 0.2) is 17.2 Å². The van der Waals surface area contributed by atoms with E-state index in [0.717, 1.165) is 5.75 Å². The topological polar surface area (TPSA) is 62.5 Å². The van der Waals surface area contributed by atoms with Gasteiger partial charge in [-0.1, -0.05) is 6.92 Å². The average Bonchev–Trinajstić information content (AvgIpc) is 2.86. The van der Waals surface area contributed by atoms with Gasteiger partial charge in [0.1, 0.15) is 4.90 Å². The Morgan fingerprint density at radius 2 is 2.10 bits per heavy atom. The molecule has 0 spiro atoms. The fourth-order valence-electron chi connectivity index (χ4n) is 2.63. The summed E-state index contributed by atoms with van der Waals surface area (Å²) in [6, 6.07) is 1.69. The van der Waals surface area contributed by atoms with Crippen molar-refractivity contribution in [1.29, 1.82) is 0 Å². The molecule has 1 saturated heterocycles. The molecule has 0 bridgehead atoms. The lowest BCUT2D eigenvalue weighted by Crippen LogP contribution is -2.47. The highest BCUT2D eigenvalue weighted by molar-refractivity contribution is 8.00. The first kappa shape index (κ1) is 16.9. The van der Waals surface area contributed by atoms with E-state index < -0.39 is 10.0 Å². The van der Waals surface area contributed by atoms with Crippen molar-refractivity contribution < 1.29 is 13.5 Å². The van der Waals surface area contributed by atoms with Crippen molar-refractivity contribution in [2.75, 3.05) is 12.3 Å². The maximum Gasteiger partial charge on any atom is 0.244 e. The molecule has 21 heavy (non-hydrogen) atoms. The minimum atomic E-state index is -3.50. The van der Waals surface area contributed by atoms with Crippen molar-refractivity contribution in [3.8, 4) is 0 Å². The molecule has 1 aliphatic heterocycles. The van der Waals surface area contributed by atoms with Gasteiger partial charge < -0.3 is 9.67 Å². The molecular weight excluding hydrogens is 308 g/mol. The molecule has 7 heteroatoms. The molecule has 5 nitrogen and oxygen atoms in total. The number of aliphatic hydroxyl groups is 1. The molecule has 0 saturated carbocycles.